The molecule has 1 fully saturated rings. The van der Waals surface area contributed by atoms with E-state index in [1.54, 1.807) is 12.1 Å². The Morgan fingerprint density at radius 3 is 2.57 bits per heavy atom. The third-order valence-corrected chi connectivity index (χ3v) is 4.84. The predicted octanol–water partition coefficient (Wildman–Crippen LogP) is 3.97. The van der Waals surface area contributed by atoms with E-state index in [9.17, 15) is 4.39 Å². The lowest BCUT2D eigenvalue weighted by Crippen LogP contribution is -2.39. The Bertz CT molecular complexity index is 532. The van der Waals surface area contributed by atoms with Crippen LogP contribution in [0, 0.1) is 5.82 Å². The Morgan fingerprint density at radius 2 is 1.90 bits per heavy atom. The van der Waals surface area contributed by atoms with Crippen LogP contribution in [0.4, 0.5) is 4.39 Å². The van der Waals surface area contributed by atoms with E-state index in [0.717, 1.165) is 44.6 Å². The summed E-state index contributed by atoms with van der Waals surface area (Å²) < 4.78 is 18.8. The monoisotopic (exact) mass is 305 g/mol. The average Bonchev–Trinajstić information content (AvgIpc) is 3.02. The molecule has 1 aromatic heterocycles. The largest absolute Gasteiger partial charge is 0.490 e. The van der Waals surface area contributed by atoms with Crippen molar-refractivity contribution in [2.45, 2.75) is 25.4 Å². The first kappa shape index (κ1) is 14.5. The van der Waals surface area contributed by atoms with Crippen LogP contribution in [0.1, 0.15) is 17.7 Å². The van der Waals surface area contributed by atoms with Gasteiger partial charge in [-0.1, -0.05) is 6.07 Å². The third-order valence-electron chi connectivity index (χ3n) is 3.91. The highest BCUT2D eigenvalue weighted by Gasteiger charge is 2.20. The fourth-order valence-electron chi connectivity index (χ4n) is 2.68. The molecule has 21 heavy (non-hydrogen) atoms. The number of thiophene rings is 1. The molecule has 2 aromatic rings. The molecule has 112 valence electrons. The van der Waals surface area contributed by atoms with Crippen LogP contribution in [0.2, 0.25) is 0 Å². The van der Waals surface area contributed by atoms with Gasteiger partial charge in [0.05, 0.1) is 0 Å². The predicted molar refractivity (Wildman–Crippen MR) is 84.5 cm³/mol. The molecule has 1 aliphatic rings. The van der Waals surface area contributed by atoms with Crippen molar-refractivity contribution in [2.75, 3.05) is 19.6 Å². The SMILES string of the molecule is Fc1ccc(OC2CCN(CCc3cccs3)CC2)cc1. The quantitative estimate of drug-likeness (QED) is 0.828. The molecule has 1 saturated heterocycles. The summed E-state index contributed by atoms with van der Waals surface area (Å²) in [6, 6.07) is 10.6. The molecule has 2 nitrogen and oxygen atoms in total. The minimum absolute atomic E-state index is 0.217. The number of halogens is 1. The summed E-state index contributed by atoms with van der Waals surface area (Å²) in [5.74, 6) is 0.555. The molecule has 0 atom stereocenters. The maximum atomic E-state index is 12.9. The van der Waals surface area contributed by atoms with Crippen LogP contribution in [0.25, 0.3) is 0 Å². The zero-order valence-electron chi connectivity index (χ0n) is 12.0. The van der Waals surface area contributed by atoms with E-state index in [2.05, 4.69) is 22.4 Å². The molecule has 0 spiro atoms. The normalized spacial score (nSPS) is 17.0. The number of piperidine rings is 1. The maximum absolute atomic E-state index is 12.9. The Kier molecular flexibility index (Phi) is 4.88. The van der Waals surface area contributed by atoms with Crippen LogP contribution in [0.15, 0.2) is 41.8 Å². The van der Waals surface area contributed by atoms with Gasteiger partial charge in [-0.2, -0.15) is 0 Å². The number of hydrogen-bond donors (Lipinski definition) is 0. The van der Waals surface area contributed by atoms with Crippen LogP contribution >= 0.6 is 11.3 Å². The van der Waals surface area contributed by atoms with Crippen LogP contribution in [0.3, 0.4) is 0 Å². The van der Waals surface area contributed by atoms with E-state index < -0.39 is 0 Å². The summed E-state index contributed by atoms with van der Waals surface area (Å²) in [5.41, 5.74) is 0. The number of benzene rings is 1. The highest BCUT2D eigenvalue weighted by Crippen LogP contribution is 2.20. The van der Waals surface area contributed by atoms with Crippen LogP contribution in [0.5, 0.6) is 5.75 Å². The van der Waals surface area contributed by atoms with Crippen molar-refractivity contribution in [3.8, 4) is 5.75 Å². The Balaban J connectivity index is 1.41. The second-order valence-electron chi connectivity index (χ2n) is 5.44. The van der Waals surface area contributed by atoms with Gasteiger partial charge in [-0.3, -0.25) is 0 Å². The molecule has 0 amide bonds. The topological polar surface area (TPSA) is 12.5 Å². The second-order valence-corrected chi connectivity index (χ2v) is 6.47. The maximum Gasteiger partial charge on any atom is 0.123 e. The van der Waals surface area contributed by atoms with Crippen molar-refractivity contribution < 1.29 is 9.13 Å². The minimum atomic E-state index is -0.217. The molecule has 1 aromatic carbocycles. The third kappa shape index (κ3) is 4.29. The Hall–Kier alpha value is -1.39. The first-order valence-corrected chi connectivity index (χ1v) is 8.34. The number of likely N-dealkylation sites (tertiary alicyclic amines) is 1. The van der Waals surface area contributed by atoms with Gasteiger partial charge in [0.15, 0.2) is 0 Å². The summed E-state index contributed by atoms with van der Waals surface area (Å²) >= 11 is 1.83. The molecule has 2 heterocycles. The van der Waals surface area contributed by atoms with Gasteiger partial charge in [0.1, 0.15) is 17.7 Å². The minimum Gasteiger partial charge on any atom is -0.490 e. The number of ether oxygens (including phenoxy) is 1. The van der Waals surface area contributed by atoms with Gasteiger partial charge < -0.3 is 9.64 Å². The molecule has 0 saturated carbocycles. The molecule has 0 unspecified atom stereocenters. The summed E-state index contributed by atoms with van der Waals surface area (Å²) in [6.45, 7) is 3.29. The first-order chi connectivity index (χ1) is 10.3. The zero-order chi connectivity index (χ0) is 14.5. The van der Waals surface area contributed by atoms with Crippen molar-refractivity contribution in [2.24, 2.45) is 0 Å². The molecule has 1 aliphatic heterocycles. The molecule has 4 heteroatoms. The van der Waals surface area contributed by atoms with Gasteiger partial charge in [0, 0.05) is 24.5 Å². The van der Waals surface area contributed by atoms with Crippen molar-refractivity contribution >= 4 is 11.3 Å². The fourth-order valence-corrected chi connectivity index (χ4v) is 3.38. The highest BCUT2D eigenvalue weighted by molar-refractivity contribution is 7.09. The summed E-state index contributed by atoms with van der Waals surface area (Å²) in [7, 11) is 0. The molecular weight excluding hydrogens is 285 g/mol. The van der Waals surface area contributed by atoms with Crippen LogP contribution in [-0.4, -0.2) is 30.6 Å². The molecule has 0 radical (unpaired) electrons. The lowest BCUT2D eigenvalue weighted by molar-refractivity contribution is 0.101. The molecule has 0 bridgehead atoms. The lowest BCUT2D eigenvalue weighted by Gasteiger charge is -2.32. The van der Waals surface area contributed by atoms with Crippen molar-refractivity contribution in [1.82, 2.24) is 4.90 Å². The van der Waals surface area contributed by atoms with E-state index >= 15 is 0 Å². The van der Waals surface area contributed by atoms with Crippen LogP contribution < -0.4 is 4.74 Å². The summed E-state index contributed by atoms with van der Waals surface area (Å²) in [5, 5.41) is 2.14. The highest BCUT2D eigenvalue weighted by atomic mass is 32.1. The fraction of sp³-hybridized carbons (Fsp3) is 0.412. The Labute approximate surface area is 129 Å². The number of hydrogen-bond acceptors (Lipinski definition) is 3. The smallest absolute Gasteiger partial charge is 0.123 e. The van der Waals surface area contributed by atoms with Crippen molar-refractivity contribution in [1.29, 1.82) is 0 Å². The number of nitrogens with zero attached hydrogens (tertiary/aromatic N) is 1. The first-order valence-electron chi connectivity index (χ1n) is 7.46. The van der Waals surface area contributed by atoms with Gasteiger partial charge >= 0.3 is 0 Å². The van der Waals surface area contributed by atoms with Gasteiger partial charge in [-0.25, -0.2) is 4.39 Å². The Morgan fingerprint density at radius 1 is 1.14 bits per heavy atom. The summed E-state index contributed by atoms with van der Waals surface area (Å²) in [6.07, 6.45) is 3.48. The van der Waals surface area contributed by atoms with Gasteiger partial charge in [-0.05, 0) is 55.0 Å². The van der Waals surface area contributed by atoms with Gasteiger partial charge in [0.2, 0.25) is 0 Å². The molecular formula is C17H20FNOS. The zero-order valence-corrected chi connectivity index (χ0v) is 12.8. The van der Waals surface area contributed by atoms with Gasteiger partial charge in [-0.15, -0.1) is 11.3 Å². The van der Waals surface area contributed by atoms with Crippen molar-refractivity contribution in [3.05, 3.63) is 52.5 Å². The lowest BCUT2D eigenvalue weighted by atomic mass is 10.1. The second kappa shape index (κ2) is 7.05. The van der Waals surface area contributed by atoms with E-state index in [-0.39, 0.29) is 11.9 Å². The average molecular weight is 305 g/mol. The van der Waals surface area contributed by atoms with E-state index in [0.29, 0.717) is 0 Å². The van der Waals surface area contributed by atoms with E-state index in [4.69, 9.17) is 4.74 Å². The molecule has 3 rings (SSSR count). The van der Waals surface area contributed by atoms with Gasteiger partial charge in [0.25, 0.3) is 0 Å². The van der Waals surface area contributed by atoms with E-state index in [1.807, 2.05) is 11.3 Å². The molecule has 0 aliphatic carbocycles. The summed E-state index contributed by atoms with van der Waals surface area (Å²) in [4.78, 5) is 3.96. The van der Waals surface area contributed by atoms with Crippen LogP contribution in [-0.2, 0) is 6.42 Å². The van der Waals surface area contributed by atoms with E-state index in [1.165, 1.54) is 17.0 Å². The molecule has 0 N–H and O–H groups in total. The van der Waals surface area contributed by atoms with Crippen molar-refractivity contribution in [3.63, 3.8) is 0 Å². The number of rotatable bonds is 5. The standard InChI is InChI=1S/C17H20FNOS/c18-14-3-5-15(6-4-14)20-16-7-10-19(11-8-16)12-9-17-2-1-13-21-17/h1-6,13,16H,7-12H2.